The van der Waals surface area contributed by atoms with Crippen LogP contribution >= 0.6 is 23.5 Å². The van der Waals surface area contributed by atoms with Crippen LogP contribution in [0.15, 0.2) is 36.4 Å². The van der Waals surface area contributed by atoms with Crippen molar-refractivity contribution >= 4 is 35.2 Å². The molecule has 1 aliphatic heterocycles. The van der Waals surface area contributed by atoms with Crippen molar-refractivity contribution < 1.29 is 14.3 Å². The molecule has 146 valence electrons. The molecule has 2 aromatic rings. The second kappa shape index (κ2) is 8.85. The molecule has 3 rings (SSSR count). The highest BCUT2D eigenvalue weighted by Gasteiger charge is 2.36. The summed E-state index contributed by atoms with van der Waals surface area (Å²) in [5, 5.41) is 0. The smallest absolute Gasteiger partial charge is 0.340 e. The lowest BCUT2D eigenvalue weighted by atomic mass is 10.0. The van der Waals surface area contributed by atoms with Crippen LogP contribution in [0.25, 0.3) is 0 Å². The van der Waals surface area contributed by atoms with Crippen molar-refractivity contribution in [3.63, 3.8) is 0 Å². The Hall–Kier alpha value is -2.23. The van der Waals surface area contributed by atoms with Crippen LogP contribution in [0.5, 0.6) is 5.75 Å². The van der Waals surface area contributed by atoms with E-state index >= 15 is 0 Å². The normalized spacial score (nSPS) is 14.2. The summed E-state index contributed by atoms with van der Waals surface area (Å²) in [4.78, 5) is 11.9. The summed E-state index contributed by atoms with van der Waals surface area (Å²) in [5.74, 6) is 6.85. The summed E-state index contributed by atoms with van der Waals surface area (Å²) in [6.07, 6.45) is 5.24. The molecule has 0 unspecified atom stereocenters. The number of esters is 1. The van der Waals surface area contributed by atoms with Crippen LogP contribution in [-0.4, -0.2) is 31.7 Å². The number of thioether (sulfide) groups is 2. The van der Waals surface area contributed by atoms with E-state index in [0.29, 0.717) is 17.9 Å². The number of hydrogen-bond donors (Lipinski definition) is 1. The van der Waals surface area contributed by atoms with Gasteiger partial charge in [-0.1, -0.05) is 11.8 Å². The van der Waals surface area contributed by atoms with Gasteiger partial charge < -0.3 is 15.2 Å². The van der Waals surface area contributed by atoms with Gasteiger partial charge in [0.1, 0.15) is 5.75 Å². The minimum Gasteiger partial charge on any atom is -0.493 e. The molecule has 0 spiro atoms. The predicted octanol–water partition coefficient (Wildman–Crippen LogP) is 4.51. The van der Waals surface area contributed by atoms with E-state index in [0.717, 1.165) is 29.9 Å². The highest BCUT2D eigenvalue weighted by atomic mass is 32.2. The number of rotatable bonds is 4. The largest absolute Gasteiger partial charge is 0.493 e. The number of nitrogens with two attached hydrogens (primary N) is 1. The zero-order valence-corrected chi connectivity index (χ0v) is 17.8. The summed E-state index contributed by atoms with van der Waals surface area (Å²) in [7, 11) is 0. The SMILES string of the molecule is CCOC(=O)c1ccc(C#Cc2ccc3c(c2)C(SC)(SC)CCO3)cc1N. The first kappa shape index (κ1) is 20.5. The minimum absolute atomic E-state index is 0.00299. The van der Waals surface area contributed by atoms with Crippen LogP contribution in [0.1, 0.15) is 40.4 Å². The van der Waals surface area contributed by atoms with Gasteiger partial charge in [0.15, 0.2) is 0 Å². The van der Waals surface area contributed by atoms with E-state index in [1.54, 1.807) is 25.1 Å². The maximum absolute atomic E-state index is 11.9. The fourth-order valence-corrected chi connectivity index (χ4v) is 5.15. The first-order valence-electron chi connectivity index (χ1n) is 8.99. The highest BCUT2D eigenvalue weighted by Crippen LogP contribution is 2.52. The molecular formula is C22H23NO3S2. The Morgan fingerprint density at radius 3 is 2.50 bits per heavy atom. The predicted molar refractivity (Wildman–Crippen MR) is 118 cm³/mol. The second-order valence-corrected chi connectivity index (χ2v) is 8.71. The van der Waals surface area contributed by atoms with Gasteiger partial charge in [-0.25, -0.2) is 4.79 Å². The summed E-state index contributed by atoms with van der Waals surface area (Å²) < 4.78 is 10.8. The number of nitrogen functional groups attached to an aromatic ring is 1. The fraction of sp³-hybridized carbons (Fsp3) is 0.318. The molecule has 2 aromatic carbocycles. The molecule has 1 aliphatic rings. The van der Waals surface area contributed by atoms with E-state index < -0.39 is 5.97 Å². The Balaban J connectivity index is 1.89. The lowest BCUT2D eigenvalue weighted by Crippen LogP contribution is -2.26. The van der Waals surface area contributed by atoms with Crippen LogP contribution in [0.3, 0.4) is 0 Å². The minimum atomic E-state index is -0.417. The summed E-state index contributed by atoms with van der Waals surface area (Å²) in [5.41, 5.74) is 9.58. The van der Waals surface area contributed by atoms with Gasteiger partial charge in [0.2, 0.25) is 0 Å². The van der Waals surface area contributed by atoms with Crippen LogP contribution in [0.4, 0.5) is 5.69 Å². The van der Waals surface area contributed by atoms with Crippen molar-refractivity contribution in [3.8, 4) is 17.6 Å². The van der Waals surface area contributed by atoms with Gasteiger partial charge in [0.05, 0.1) is 22.9 Å². The maximum Gasteiger partial charge on any atom is 0.340 e. The van der Waals surface area contributed by atoms with Crippen molar-refractivity contribution in [1.29, 1.82) is 0 Å². The lowest BCUT2D eigenvalue weighted by Gasteiger charge is -2.36. The molecule has 0 bridgehead atoms. The molecule has 4 nitrogen and oxygen atoms in total. The third-order valence-electron chi connectivity index (χ3n) is 4.64. The zero-order chi connectivity index (χ0) is 20.1. The van der Waals surface area contributed by atoms with Crippen molar-refractivity contribution in [2.75, 3.05) is 31.5 Å². The molecular weight excluding hydrogens is 390 g/mol. The number of carbonyl (C=O) groups is 1. The van der Waals surface area contributed by atoms with E-state index in [1.165, 1.54) is 5.56 Å². The molecule has 6 heteroatoms. The molecule has 2 N–H and O–H groups in total. The summed E-state index contributed by atoms with van der Waals surface area (Å²) >= 11 is 3.69. The van der Waals surface area contributed by atoms with E-state index in [9.17, 15) is 4.79 Å². The standard InChI is InChI=1S/C22H23NO3S2/c1-4-25-21(24)17-9-7-16(14-19(17)23)6-5-15-8-10-20-18(13-15)22(27-2,28-3)11-12-26-20/h7-10,13-14H,4,11-12,23H2,1-3H3. The van der Waals surface area contributed by atoms with Crippen molar-refractivity contribution in [3.05, 3.63) is 58.7 Å². The van der Waals surface area contributed by atoms with Crippen LogP contribution < -0.4 is 10.5 Å². The maximum atomic E-state index is 11.9. The van der Waals surface area contributed by atoms with E-state index in [-0.39, 0.29) is 4.08 Å². The molecule has 0 saturated heterocycles. The van der Waals surface area contributed by atoms with Gasteiger partial charge in [0.25, 0.3) is 0 Å². The van der Waals surface area contributed by atoms with Crippen molar-refractivity contribution in [2.45, 2.75) is 17.4 Å². The monoisotopic (exact) mass is 413 g/mol. The van der Waals surface area contributed by atoms with Crippen LogP contribution in [-0.2, 0) is 8.82 Å². The molecule has 0 atom stereocenters. The van der Waals surface area contributed by atoms with E-state index in [4.69, 9.17) is 15.2 Å². The van der Waals surface area contributed by atoms with E-state index in [1.807, 2.05) is 35.7 Å². The van der Waals surface area contributed by atoms with Crippen molar-refractivity contribution in [2.24, 2.45) is 0 Å². The molecule has 0 aromatic heterocycles. The van der Waals surface area contributed by atoms with Gasteiger partial charge >= 0.3 is 5.97 Å². The summed E-state index contributed by atoms with van der Waals surface area (Å²) in [6.45, 7) is 2.81. The molecule has 28 heavy (non-hydrogen) atoms. The number of carbonyl (C=O) groups excluding carboxylic acids is 1. The Labute approximate surface area is 174 Å². The quantitative estimate of drug-likeness (QED) is 0.344. The zero-order valence-electron chi connectivity index (χ0n) is 16.2. The summed E-state index contributed by atoms with van der Waals surface area (Å²) in [6, 6.07) is 11.2. The third kappa shape index (κ3) is 4.11. The molecule has 1 heterocycles. The average molecular weight is 414 g/mol. The molecule has 0 aliphatic carbocycles. The fourth-order valence-electron chi connectivity index (χ4n) is 3.15. The van der Waals surface area contributed by atoms with Gasteiger partial charge in [-0.3, -0.25) is 0 Å². The Morgan fingerprint density at radius 2 is 1.86 bits per heavy atom. The number of hydrogen-bond acceptors (Lipinski definition) is 6. The Morgan fingerprint density at radius 1 is 1.18 bits per heavy atom. The topological polar surface area (TPSA) is 61.5 Å². The second-order valence-electron chi connectivity index (χ2n) is 6.24. The highest BCUT2D eigenvalue weighted by molar-refractivity contribution is 8.16. The molecule has 0 fully saturated rings. The number of fused-ring (bicyclic) bond motifs is 1. The number of benzene rings is 2. The lowest BCUT2D eigenvalue weighted by molar-refractivity contribution is 0.0527. The molecule has 0 radical (unpaired) electrons. The first-order valence-corrected chi connectivity index (χ1v) is 11.4. The Kier molecular flexibility index (Phi) is 6.48. The average Bonchev–Trinajstić information content (AvgIpc) is 2.71. The first-order chi connectivity index (χ1) is 13.5. The third-order valence-corrected chi connectivity index (χ3v) is 7.80. The number of ether oxygens (including phenoxy) is 2. The molecule has 0 amide bonds. The van der Waals surface area contributed by atoms with Gasteiger partial charge in [-0.2, -0.15) is 0 Å². The van der Waals surface area contributed by atoms with Crippen LogP contribution in [0.2, 0.25) is 0 Å². The Bertz CT molecular complexity index is 943. The van der Waals surface area contributed by atoms with Gasteiger partial charge in [0, 0.05) is 28.8 Å². The van der Waals surface area contributed by atoms with E-state index in [2.05, 4.69) is 30.4 Å². The van der Waals surface area contributed by atoms with Gasteiger partial charge in [-0.15, -0.1) is 23.5 Å². The van der Waals surface area contributed by atoms with Crippen LogP contribution in [0, 0.1) is 11.8 Å². The van der Waals surface area contributed by atoms with Gasteiger partial charge in [-0.05, 0) is 55.8 Å². The van der Waals surface area contributed by atoms with Crippen molar-refractivity contribution in [1.82, 2.24) is 0 Å². The molecule has 0 saturated carbocycles. The number of anilines is 1.